The quantitative estimate of drug-likeness (QED) is 0.737. The molecule has 1 aliphatic rings. The van der Waals surface area contributed by atoms with Crippen molar-refractivity contribution in [3.05, 3.63) is 54.6 Å². The summed E-state index contributed by atoms with van der Waals surface area (Å²) in [5.41, 5.74) is 1.58. The summed E-state index contributed by atoms with van der Waals surface area (Å²) in [5.74, 6) is -0.166. The lowest BCUT2D eigenvalue weighted by molar-refractivity contribution is -0.117. The number of nitrogens with zero attached hydrogens (tertiary/aromatic N) is 2. The van der Waals surface area contributed by atoms with Crippen molar-refractivity contribution in [3.8, 4) is 0 Å². The van der Waals surface area contributed by atoms with Gasteiger partial charge in [0.2, 0.25) is 15.9 Å². The summed E-state index contributed by atoms with van der Waals surface area (Å²) in [6.07, 6.45) is 2.10. The molecule has 1 fully saturated rings. The van der Waals surface area contributed by atoms with Gasteiger partial charge in [-0.2, -0.15) is 0 Å². The van der Waals surface area contributed by atoms with E-state index in [4.69, 9.17) is 5.14 Å². The minimum absolute atomic E-state index is 0.0196. The summed E-state index contributed by atoms with van der Waals surface area (Å²) in [6, 6.07) is 16.5. The Hall–Kier alpha value is -2.42. The number of likely N-dealkylation sites (N-methyl/N-ethyl adjacent to an activating group) is 1. The number of carbonyl (C=O) groups excluding carboxylic acids is 1. The minimum Gasteiger partial charge on any atom is -0.373 e. The van der Waals surface area contributed by atoms with Crippen LogP contribution in [0.4, 0.5) is 11.4 Å². The van der Waals surface area contributed by atoms with Crippen LogP contribution in [0.25, 0.3) is 0 Å². The lowest BCUT2D eigenvalue weighted by atomic mass is 10.2. The lowest BCUT2D eigenvalue weighted by Gasteiger charge is -2.29. The van der Waals surface area contributed by atoms with E-state index in [0.29, 0.717) is 11.7 Å². The van der Waals surface area contributed by atoms with E-state index < -0.39 is 10.0 Å². The molecule has 1 atom stereocenters. The van der Waals surface area contributed by atoms with Gasteiger partial charge in [-0.25, -0.2) is 13.6 Å². The number of hydrogen-bond donors (Lipinski definition) is 2. The fourth-order valence-corrected chi connectivity index (χ4v) is 4.11. The van der Waals surface area contributed by atoms with Crippen molar-refractivity contribution in [3.63, 3.8) is 0 Å². The number of nitrogens with one attached hydrogen (secondary N) is 1. The van der Waals surface area contributed by atoms with Crippen molar-refractivity contribution < 1.29 is 13.2 Å². The highest BCUT2D eigenvalue weighted by molar-refractivity contribution is 7.89. The molecule has 0 radical (unpaired) electrons. The number of sulfonamides is 1. The summed E-state index contributed by atoms with van der Waals surface area (Å²) in [7, 11) is -1.74. The van der Waals surface area contributed by atoms with E-state index in [1.807, 2.05) is 18.2 Å². The van der Waals surface area contributed by atoms with Crippen LogP contribution in [0, 0.1) is 0 Å². The van der Waals surface area contributed by atoms with Crippen LogP contribution >= 0.6 is 0 Å². The van der Waals surface area contributed by atoms with Gasteiger partial charge >= 0.3 is 0 Å². The number of nitrogens with two attached hydrogens (primary N) is 1. The molecule has 3 N–H and O–H groups in total. The van der Waals surface area contributed by atoms with Crippen LogP contribution in [-0.2, 0) is 14.8 Å². The van der Waals surface area contributed by atoms with Crippen molar-refractivity contribution >= 4 is 27.3 Å². The SMILES string of the molecule is CN(CC1CCCN1CC(=O)Nc1cccc(S(N)(=O)=O)c1)c1ccccc1. The van der Waals surface area contributed by atoms with Gasteiger partial charge in [-0.05, 0) is 49.7 Å². The first-order chi connectivity index (χ1) is 13.3. The molecule has 1 aliphatic heterocycles. The van der Waals surface area contributed by atoms with Gasteiger partial charge in [0.05, 0.1) is 11.4 Å². The molecule has 1 unspecified atom stereocenters. The fourth-order valence-electron chi connectivity index (χ4n) is 3.55. The molecule has 28 heavy (non-hydrogen) atoms. The molecule has 150 valence electrons. The van der Waals surface area contributed by atoms with Crippen LogP contribution in [0.3, 0.4) is 0 Å². The average molecular weight is 403 g/mol. The van der Waals surface area contributed by atoms with Crippen LogP contribution in [-0.4, -0.2) is 51.9 Å². The second kappa shape index (κ2) is 8.72. The van der Waals surface area contributed by atoms with E-state index >= 15 is 0 Å². The molecule has 0 aliphatic carbocycles. The molecule has 0 bridgehead atoms. The zero-order valence-corrected chi connectivity index (χ0v) is 16.7. The van der Waals surface area contributed by atoms with Gasteiger partial charge < -0.3 is 10.2 Å². The standard InChI is InChI=1S/C20H26N4O3S/c1-23(17-8-3-2-4-9-17)14-18-10-6-12-24(18)15-20(25)22-16-7-5-11-19(13-16)28(21,26)27/h2-5,7-9,11,13,18H,6,10,12,14-15H2,1H3,(H,22,25)(H2,21,26,27). The fraction of sp³-hybridized carbons (Fsp3) is 0.350. The summed E-state index contributed by atoms with van der Waals surface area (Å²) >= 11 is 0. The predicted molar refractivity (Wildman–Crippen MR) is 111 cm³/mol. The maximum atomic E-state index is 12.5. The lowest BCUT2D eigenvalue weighted by Crippen LogP contribution is -2.42. The predicted octanol–water partition coefficient (Wildman–Crippen LogP) is 1.87. The molecule has 2 aromatic rings. The average Bonchev–Trinajstić information content (AvgIpc) is 3.08. The number of carbonyl (C=O) groups is 1. The number of hydrogen-bond acceptors (Lipinski definition) is 5. The van der Waals surface area contributed by atoms with Gasteiger partial charge in [-0.3, -0.25) is 9.69 Å². The number of primary sulfonamides is 1. The Labute approximate surface area is 166 Å². The number of likely N-dealkylation sites (tertiary alicyclic amines) is 1. The van der Waals surface area contributed by atoms with E-state index in [1.165, 1.54) is 12.1 Å². The second-order valence-corrected chi connectivity index (χ2v) is 8.67. The molecule has 7 nitrogen and oxygen atoms in total. The second-order valence-electron chi connectivity index (χ2n) is 7.10. The van der Waals surface area contributed by atoms with Crippen molar-refractivity contribution in [2.45, 2.75) is 23.8 Å². The number of amides is 1. The van der Waals surface area contributed by atoms with Gasteiger partial charge in [0.25, 0.3) is 0 Å². The first-order valence-electron chi connectivity index (χ1n) is 9.26. The highest BCUT2D eigenvalue weighted by Gasteiger charge is 2.27. The van der Waals surface area contributed by atoms with Gasteiger partial charge in [0, 0.05) is 31.0 Å². The first kappa shape index (κ1) is 20.3. The third-order valence-corrected chi connectivity index (χ3v) is 5.88. The van der Waals surface area contributed by atoms with Crippen molar-refractivity contribution in [1.82, 2.24) is 4.90 Å². The Morgan fingerprint density at radius 1 is 1.21 bits per heavy atom. The van der Waals surface area contributed by atoms with Gasteiger partial charge in [-0.15, -0.1) is 0 Å². The number of benzene rings is 2. The minimum atomic E-state index is -3.80. The maximum Gasteiger partial charge on any atom is 0.238 e. The van der Waals surface area contributed by atoms with Crippen LogP contribution in [0.5, 0.6) is 0 Å². The first-order valence-corrected chi connectivity index (χ1v) is 10.8. The van der Waals surface area contributed by atoms with Crippen LogP contribution in [0.1, 0.15) is 12.8 Å². The van der Waals surface area contributed by atoms with Crippen molar-refractivity contribution in [1.29, 1.82) is 0 Å². The Balaban J connectivity index is 1.59. The Kier molecular flexibility index (Phi) is 6.33. The van der Waals surface area contributed by atoms with Crippen LogP contribution in [0.2, 0.25) is 0 Å². The number of anilines is 2. The monoisotopic (exact) mass is 402 g/mol. The zero-order chi connectivity index (χ0) is 20.1. The van der Waals surface area contributed by atoms with Gasteiger partial charge in [0.15, 0.2) is 0 Å². The molecule has 0 saturated carbocycles. The topological polar surface area (TPSA) is 95.7 Å². The normalized spacial score (nSPS) is 17.4. The molecule has 1 saturated heterocycles. The van der Waals surface area contributed by atoms with E-state index in [9.17, 15) is 13.2 Å². The van der Waals surface area contributed by atoms with E-state index in [-0.39, 0.29) is 17.3 Å². The van der Waals surface area contributed by atoms with Gasteiger partial charge in [0.1, 0.15) is 0 Å². The van der Waals surface area contributed by atoms with Crippen molar-refractivity contribution in [2.75, 3.05) is 36.9 Å². The molecule has 2 aromatic carbocycles. The highest BCUT2D eigenvalue weighted by atomic mass is 32.2. The molecule has 1 heterocycles. The molecule has 1 amide bonds. The van der Waals surface area contributed by atoms with Crippen LogP contribution < -0.4 is 15.4 Å². The van der Waals surface area contributed by atoms with E-state index in [1.54, 1.807) is 12.1 Å². The van der Waals surface area contributed by atoms with Crippen LogP contribution in [0.15, 0.2) is 59.5 Å². The summed E-state index contributed by atoms with van der Waals surface area (Å²) in [4.78, 5) is 16.8. The molecule has 3 rings (SSSR count). The Morgan fingerprint density at radius 2 is 1.96 bits per heavy atom. The molecule has 0 spiro atoms. The zero-order valence-electron chi connectivity index (χ0n) is 15.9. The van der Waals surface area contributed by atoms with Crippen molar-refractivity contribution in [2.24, 2.45) is 5.14 Å². The number of rotatable bonds is 7. The largest absolute Gasteiger partial charge is 0.373 e. The van der Waals surface area contributed by atoms with Gasteiger partial charge in [-0.1, -0.05) is 24.3 Å². The molecular weight excluding hydrogens is 376 g/mol. The van der Waals surface area contributed by atoms with E-state index in [2.05, 4.69) is 34.3 Å². The maximum absolute atomic E-state index is 12.5. The highest BCUT2D eigenvalue weighted by Crippen LogP contribution is 2.21. The third-order valence-electron chi connectivity index (χ3n) is 4.97. The molecular formula is C20H26N4O3S. The number of para-hydroxylation sites is 1. The summed E-state index contributed by atoms with van der Waals surface area (Å²) in [6.45, 7) is 1.99. The summed E-state index contributed by atoms with van der Waals surface area (Å²) < 4.78 is 22.9. The van der Waals surface area contributed by atoms with E-state index in [0.717, 1.165) is 31.6 Å². The Morgan fingerprint density at radius 3 is 2.68 bits per heavy atom. The smallest absolute Gasteiger partial charge is 0.238 e. The molecule has 0 aromatic heterocycles. The Bertz CT molecular complexity index is 918. The third kappa shape index (κ3) is 5.31. The molecule has 8 heteroatoms. The summed E-state index contributed by atoms with van der Waals surface area (Å²) in [5, 5.41) is 7.92.